The number of hydrogen-bond donors (Lipinski definition) is 0. The molecule has 0 spiro atoms. The molecule has 41 heavy (non-hydrogen) atoms. The maximum atomic E-state index is 6.23. The van der Waals surface area contributed by atoms with E-state index >= 15 is 0 Å². The highest BCUT2D eigenvalue weighted by atomic mass is 16.3. The maximum absolute atomic E-state index is 6.23. The van der Waals surface area contributed by atoms with Crippen molar-refractivity contribution in [2.45, 2.75) is 0 Å². The summed E-state index contributed by atoms with van der Waals surface area (Å²) in [5, 5.41) is 3.23. The van der Waals surface area contributed by atoms with Gasteiger partial charge in [-0.15, -0.1) is 0 Å². The predicted molar refractivity (Wildman–Crippen MR) is 169 cm³/mol. The van der Waals surface area contributed by atoms with Gasteiger partial charge in [0.05, 0.1) is 11.2 Å². The molecule has 6 aromatic carbocycles. The Bertz CT molecular complexity index is 2140. The fourth-order valence-corrected chi connectivity index (χ4v) is 5.65. The van der Waals surface area contributed by atoms with Crippen LogP contribution in [0.25, 0.3) is 77.7 Å². The first-order valence-electron chi connectivity index (χ1n) is 13.7. The van der Waals surface area contributed by atoms with Gasteiger partial charge in [-0.1, -0.05) is 103 Å². The van der Waals surface area contributed by atoms with E-state index in [0.29, 0.717) is 5.82 Å². The molecule has 0 amide bonds. The number of benzene rings is 6. The van der Waals surface area contributed by atoms with Crippen LogP contribution in [0.3, 0.4) is 0 Å². The number of hydrogen-bond acceptors (Lipinski definition) is 3. The van der Waals surface area contributed by atoms with Crippen molar-refractivity contribution in [3.8, 4) is 44.9 Å². The normalized spacial score (nSPS) is 11.4. The van der Waals surface area contributed by atoms with Crippen LogP contribution in [0.5, 0.6) is 0 Å². The minimum absolute atomic E-state index is 0.693. The third kappa shape index (κ3) is 4.16. The van der Waals surface area contributed by atoms with Gasteiger partial charge >= 0.3 is 0 Å². The lowest BCUT2D eigenvalue weighted by molar-refractivity contribution is 0.669. The second-order valence-electron chi connectivity index (χ2n) is 10.3. The topological polar surface area (TPSA) is 38.9 Å². The summed E-state index contributed by atoms with van der Waals surface area (Å²) in [6.45, 7) is 0. The average molecular weight is 525 g/mol. The molecule has 0 unspecified atom stereocenters. The molecule has 3 nitrogen and oxygen atoms in total. The second-order valence-corrected chi connectivity index (χ2v) is 10.3. The molecule has 0 saturated carbocycles. The average Bonchev–Trinajstić information content (AvgIpc) is 3.43. The van der Waals surface area contributed by atoms with Crippen LogP contribution in [0, 0.1) is 0 Å². The molecule has 8 rings (SSSR count). The summed E-state index contributed by atoms with van der Waals surface area (Å²) in [5.74, 6) is 0.693. The van der Waals surface area contributed by atoms with E-state index in [-0.39, 0.29) is 0 Å². The van der Waals surface area contributed by atoms with E-state index in [4.69, 9.17) is 14.4 Å². The Morgan fingerprint density at radius 2 is 0.951 bits per heavy atom. The lowest BCUT2D eigenvalue weighted by Gasteiger charge is -2.13. The molecule has 0 atom stereocenters. The van der Waals surface area contributed by atoms with E-state index < -0.39 is 0 Å². The number of nitrogens with zero attached hydrogens (tertiary/aromatic N) is 2. The van der Waals surface area contributed by atoms with Crippen molar-refractivity contribution in [1.82, 2.24) is 9.97 Å². The number of para-hydroxylation sites is 2. The SMILES string of the molecule is c1ccc(-c2cc(-c3ccccc3)cc(-c3nc(-c4ccc5c(c4)oc4ccccc45)c4ccccc4n3)c2)cc1. The van der Waals surface area contributed by atoms with Gasteiger partial charge < -0.3 is 4.42 Å². The Balaban J connectivity index is 1.35. The Kier molecular flexibility index (Phi) is 5.46. The first kappa shape index (κ1) is 23.4. The molecule has 3 heteroatoms. The van der Waals surface area contributed by atoms with Crippen LogP contribution in [0.15, 0.2) is 150 Å². The van der Waals surface area contributed by atoms with Crippen LogP contribution in [-0.4, -0.2) is 9.97 Å². The van der Waals surface area contributed by atoms with Crippen LogP contribution in [0.2, 0.25) is 0 Å². The third-order valence-corrected chi connectivity index (χ3v) is 7.66. The highest BCUT2D eigenvalue weighted by molar-refractivity contribution is 6.06. The molecule has 0 aliphatic heterocycles. The van der Waals surface area contributed by atoms with Crippen molar-refractivity contribution in [2.24, 2.45) is 0 Å². The monoisotopic (exact) mass is 524 g/mol. The van der Waals surface area contributed by atoms with Crippen LogP contribution >= 0.6 is 0 Å². The molecule has 2 aromatic heterocycles. The van der Waals surface area contributed by atoms with Crippen molar-refractivity contribution < 1.29 is 4.42 Å². The van der Waals surface area contributed by atoms with Crippen LogP contribution in [0.1, 0.15) is 0 Å². The number of fused-ring (bicyclic) bond motifs is 4. The van der Waals surface area contributed by atoms with Gasteiger partial charge in [-0.3, -0.25) is 0 Å². The van der Waals surface area contributed by atoms with Gasteiger partial charge in [0, 0.05) is 27.3 Å². The molecular formula is C38H24N2O. The van der Waals surface area contributed by atoms with Crippen molar-refractivity contribution >= 4 is 32.8 Å². The molecule has 0 bridgehead atoms. The van der Waals surface area contributed by atoms with E-state index in [1.54, 1.807) is 0 Å². The smallest absolute Gasteiger partial charge is 0.160 e. The summed E-state index contributed by atoms with van der Waals surface area (Å²) in [6.07, 6.45) is 0. The van der Waals surface area contributed by atoms with E-state index in [0.717, 1.165) is 71.9 Å². The van der Waals surface area contributed by atoms with Crippen molar-refractivity contribution in [2.75, 3.05) is 0 Å². The van der Waals surface area contributed by atoms with Gasteiger partial charge in [0.1, 0.15) is 11.2 Å². The Hall–Kier alpha value is -5.54. The number of rotatable bonds is 4. The summed E-state index contributed by atoms with van der Waals surface area (Å²) >= 11 is 0. The van der Waals surface area contributed by atoms with Crippen molar-refractivity contribution in [3.63, 3.8) is 0 Å². The maximum Gasteiger partial charge on any atom is 0.160 e. The fourth-order valence-electron chi connectivity index (χ4n) is 5.65. The summed E-state index contributed by atoms with van der Waals surface area (Å²) < 4.78 is 6.23. The minimum atomic E-state index is 0.693. The molecule has 0 aliphatic carbocycles. The van der Waals surface area contributed by atoms with Gasteiger partial charge in [0.25, 0.3) is 0 Å². The Labute approximate surface area is 237 Å². The molecule has 192 valence electrons. The standard InChI is InChI=1S/C38H24N2O/c1-3-11-25(12-4-1)28-21-29(26-13-5-2-6-14-26)23-30(22-28)38-39-34-17-9-7-16-33(34)37(40-38)27-19-20-32-31-15-8-10-18-35(31)41-36(32)24-27/h1-24H. The Morgan fingerprint density at radius 3 is 1.68 bits per heavy atom. The van der Waals surface area contributed by atoms with Gasteiger partial charge in [-0.05, 0) is 64.7 Å². The first-order chi connectivity index (χ1) is 20.3. The third-order valence-electron chi connectivity index (χ3n) is 7.66. The predicted octanol–water partition coefficient (Wildman–Crippen LogP) is 10.2. The zero-order valence-corrected chi connectivity index (χ0v) is 22.2. The van der Waals surface area contributed by atoms with Crippen LogP contribution in [0.4, 0.5) is 0 Å². The summed E-state index contributed by atoms with van der Waals surface area (Å²) in [6, 6.07) is 50.3. The molecular weight excluding hydrogens is 500 g/mol. The van der Waals surface area contributed by atoms with Gasteiger partial charge in [-0.25, -0.2) is 9.97 Å². The summed E-state index contributed by atoms with van der Waals surface area (Å²) in [5.41, 5.74) is 10.1. The van der Waals surface area contributed by atoms with Gasteiger partial charge in [-0.2, -0.15) is 0 Å². The zero-order valence-electron chi connectivity index (χ0n) is 22.2. The lowest BCUT2D eigenvalue weighted by atomic mass is 9.95. The van der Waals surface area contributed by atoms with E-state index in [2.05, 4.69) is 103 Å². The van der Waals surface area contributed by atoms with Crippen LogP contribution in [-0.2, 0) is 0 Å². The second kappa shape index (κ2) is 9.58. The molecule has 2 heterocycles. The van der Waals surface area contributed by atoms with E-state index in [9.17, 15) is 0 Å². The van der Waals surface area contributed by atoms with Gasteiger partial charge in [0.2, 0.25) is 0 Å². The lowest BCUT2D eigenvalue weighted by Crippen LogP contribution is -1.96. The highest BCUT2D eigenvalue weighted by Crippen LogP contribution is 2.36. The molecule has 0 saturated heterocycles. The molecule has 0 fully saturated rings. The minimum Gasteiger partial charge on any atom is -0.456 e. The fraction of sp³-hybridized carbons (Fsp3) is 0. The van der Waals surface area contributed by atoms with E-state index in [1.165, 1.54) is 0 Å². The number of furan rings is 1. The van der Waals surface area contributed by atoms with Crippen LogP contribution < -0.4 is 0 Å². The largest absolute Gasteiger partial charge is 0.456 e. The quantitative estimate of drug-likeness (QED) is 0.230. The molecule has 0 N–H and O–H groups in total. The molecule has 0 radical (unpaired) electrons. The van der Waals surface area contributed by atoms with Crippen molar-refractivity contribution in [1.29, 1.82) is 0 Å². The first-order valence-corrected chi connectivity index (χ1v) is 13.7. The summed E-state index contributed by atoms with van der Waals surface area (Å²) in [4.78, 5) is 10.3. The van der Waals surface area contributed by atoms with Gasteiger partial charge in [0.15, 0.2) is 5.82 Å². The zero-order chi connectivity index (χ0) is 27.2. The molecule has 0 aliphatic rings. The summed E-state index contributed by atoms with van der Waals surface area (Å²) in [7, 11) is 0. The number of aromatic nitrogens is 2. The highest BCUT2D eigenvalue weighted by Gasteiger charge is 2.15. The Morgan fingerprint density at radius 1 is 0.366 bits per heavy atom. The molecule has 8 aromatic rings. The van der Waals surface area contributed by atoms with Crippen molar-refractivity contribution in [3.05, 3.63) is 146 Å². The van der Waals surface area contributed by atoms with E-state index in [1.807, 2.05) is 42.5 Å².